The number of hydrogen-bond donors (Lipinski definition) is 2. The molecular weight excluding hydrogens is 186 g/mol. The van der Waals surface area contributed by atoms with Crippen LogP contribution in [0.5, 0.6) is 0 Å². The third kappa shape index (κ3) is 4.04. The predicted molar refractivity (Wildman–Crippen MR) is 64.0 cm³/mol. The minimum absolute atomic E-state index is 0.498. The van der Waals surface area contributed by atoms with Crippen LogP contribution in [0.25, 0.3) is 0 Å². The van der Waals surface area contributed by atoms with E-state index in [1.165, 1.54) is 12.8 Å². The quantitative estimate of drug-likeness (QED) is 0.755. The zero-order valence-electron chi connectivity index (χ0n) is 10.3. The number of hydrogen-bond acceptors (Lipinski definition) is 2. The average molecular weight is 209 g/mol. The molecule has 1 aromatic heterocycles. The molecule has 3 nitrogen and oxygen atoms in total. The van der Waals surface area contributed by atoms with Gasteiger partial charge in [0, 0.05) is 24.2 Å². The molecular formula is C12H23N3. The third-order valence-corrected chi connectivity index (χ3v) is 2.78. The molecule has 1 atom stereocenters. The van der Waals surface area contributed by atoms with Crippen LogP contribution in [0.1, 0.15) is 45.0 Å². The Morgan fingerprint density at radius 3 is 2.53 bits per heavy atom. The van der Waals surface area contributed by atoms with E-state index in [0.29, 0.717) is 12.1 Å². The first-order valence-corrected chi connectivity index (χ1v) is 5.92. The van der Waals surface area contributed by atoms with Gasteiger partial charge in [0.2, 0.25) is 0 Å². The molecule has 0 aliphatic heterocycles. The lowest BCUT2D eigenvalue weighted by atomic mass is 10.1. The molecule has 0 bridgehead atoms. The lowest BCUT2D eigenvalue weighted by Crippen LogP contribution is -2.37. The van der Waals surface area contributed by atoms with Crippen molar-refractivity contribution in [3.63, 3.8) is 0 Å². The topological polar surface area (TPSA) is 40.7 Å². The van der Waals surface area contributed by atoms with Crippen LogP contribution in [-0.2, 0) is 6.42 Å². The van der Waals surface area contributed by atoms with Gasteiger partial charge in [-0.25, -0.2) is 0 Å². The molecule has 1 heterocycles. The maximum Gasteiger partial charge on any atom is 0.0640 e. The fourth-order valence-electron chi connectivity index (χ4n) is 1.88. The van der Waals surface area contributed by atoms with E-state index in [-0.39, 0.29) is 0 Å². The van der Waals surface area contributed by atoms with Crippen molar-refractivity contribution in [2.45, 2.75) is 59.0 Å². The van der Waals surface area contributed by atoms with Gasteiger partial charge in [-0.2, -0.15) is 5.10 Å². The Labute approximate surface area is 92.7 Å². The summed E-state index contributed by atoms with van der Waals surface area (Å²) in [5.41, 5.74) is 2.29. The molecule has 0 spiro atoms. The Bertz CT molecular complexity index is 276. The van der Waals surface area contributed by atoms with Crippen LogP contribution in [-0.4, -0.2) is 22.3 Å². The highest BCUT2D eigenvalue weighted by atomic mass is 15.1. The highest BCUT2D eigenvalue weighted by molar-refractivity contribution is 5.07. The largest absolute Gasteiger partial charge is 0.311 e. The second-order valence-corrected chi connectivity index (χ2v) is 4.33. The molecule has 1 aromatic rings. The van der Waals surface area contributed by atoms with Crippen molar-refractivity contribution in [2.24, 2.45) is 0 Å². The lowest BCUT2D eigenvalue weighted by Gasteiger charge is -2.20. The Kier molecular flexibility index (Phi) is 4.82. The van der Waals surface area contributed by atoms with Gasteiger partial charge in [0.1, 0.15) is 0 Å². The van der Waals surface area contributed by atoms with E-state index in [1.807, 2.05) is 6.92 Å². The van der Waals surface area contributed by atoms with Crippen molar-refractivity contribution in [3.8, 4) is 0 Å². The molecule has 3 heteroatoms. The summed E-state index contributed by atoms with van der Waals surface area (Å²) in [5.74, 6) is 0. The van der Waals surface area contributed by atoms with E-state index in [4.69, 9.17) is 0 Å². The predicted octanol–water partition coefficient (Wildman–Crippen LogP) is 2.43. The monoisotopic (exact) mass is 209 g/mol. The number of rotatable bonds is 6. The van der Waals surface area contributed by atoms with Crippen molar-refractivity contribution in [1.29, 1.82) is 0 Å². The Morgan fingerprint density at radius 1 is 1.40 bits per heavy atom. The van der Waals surface area contributed by atoms with E-state index in [0.717, 1.165) is 17.8 Å². The van der Waals surface area contributed by atoms with Gasteiger partial charge in [-0.3, -0.25) is 5.10 Å². The van der Waals surface area contributed by atoms with Gasteiger partial charge in [-0.05, 0) is 32.8 Å². The number of nitrogens with one attached hydrogen (secondary N) is 2. The molecule has 15 heavy (non-hydrogen) atoms. The van der Waals surface area contributed by atoms with Gasteiger partial charge in [0.05, 0.1) is 5.69 Å². The van der Waals surface area contributed by atoms with Crippen LogP contribution < -0.4 is 5.32 Å². The van der Waals surface area contributed by atoms with E-state index in [2.05, 4.69) is 42.4 Å². The Morgan fingerprint density at radius 2 is 2.07 bits per heavy atom. The molecule has 0 aliphatic rings. The molecule has 0 aromatic carbocycles. The normalized spacial score (nSPS) is 13.4. The van der Waals surface area contributed by atoms with Crippen LogP contribution in [0.2, 0.25) is 0 Å². The molecule has 0 radical (unpaired) electrons. The van der Waals surface area contributed by atoms with Crippen LogP contribution in [0.4, 0.5) is 0 Å². The number of aryl methyl sites for hydroxylation is 1. The summed E-state index contributed by atoms with van der Waals surface area (Å²) in [5, 5.41) is 10.8. The summed E-state index contributed by atoms with van der Waals surface area (Å²) in [6, 6.07) is 3.25. The molecule has 86 valence electrons. The summed E-state index contributed by atoms with van der Waals surface area (Å²) in [7, 11) is 0. The van der Waals surface area contributed by atoms with Gasteiger partial charge in [-0.15, -0.1) is 0 Å². The molecule has 0 amide bonds. The SMILES string of the molecule is CCC(CC)N[C@H](C)Cc1cc(C)[nH]n1. The third-order valence-electron chi connectivity index (χ3n) is 2.78. The molecule has 0 unspecified atom stereocenters. The zero-order chi connectivity index (χ0) is 11.3. The minimum atomic E-state index is 0.498. The second kappa shape index (κ2) is 5.91. The standard InChI is InChI=1S/C12H23N3/c1-5-11(6-2)13-9(3)7-12-8-10(4)14-15-12/h8-9,11,13H,5-7H2,1-4H3,(H,14,15)/t9-/m1/s1. The molecule has 0 saturated heterocycles. The van der Waals surface area contributed by atoms with E-state index >= 15 is 0 Å². The van der Waals surface area contributed by atoms with E-state index in [9.17, 15) is 0 Å². The van der Waals surface area contributed by atoms with Crippen molar-refractivity contribution in [3.05, 3.63) is 17.5 Å². The van der Waals surface area contributed by atoms with Gasteiger partial charge < -0.3 is 5.32 Å². The Balaban J connectivity index is 2.38. The summed E-state index contributed by atoms with van der Waals surface area (Å²) in [4.78, 5) is 0. The molecule has 0 saturated carbocycles. The fraction of sp³-hybridized carbons (Fsp3) is 0.750. The smallest absolute Gasteiger partial charge is 0.0640 e. The minimum Gasteiger partial charge on any atom is -0.311 e. The highest BCUT2D eigenvalue weighted by Crippen LogP contribution is 2.04. The number of aromatic amines is 1. The van der Waals surface area contributed by atoms with Crippen LogP contribution in [0, 0.1) is 6.92 Å². The first kappa shape index (κ1) is 12.2. The summed E-state index contributed by atoms with van der Waals surface area (Å²) < 4.78 is 0. The molecule has 0 aliphatic carbocycles. The lowest BCUT2D eigenvalue weighted by molar-refractivity contribution is 0.420. The van der Waals surface area contributed by atoms with Crippen LogP contribution >= 0.6 is 0 Å². The highest BCUT2D eigenvalue weighted by Gasteiger charge is 2.10. The molecule has 2 N–H and O–H groups in total. The van der Waals surface area contributed by atoms with Gasteiger partial charge in [-0.1, -0.05) is 13.8 Å². The van der Waals surface area contributed by atoms with Crippen LogP contribution in [0.15, 0.2) is 6.07 Å². The first-order valence-electron chi connectivity index (χ1n) is 5.92. The van der Waals surface area contributed by atoms with Gasteiger partial charge in [0.25, 0.3) is 0 Å². The average Bonchev–Trinajstić information content (AvgIpc) is 2.60. The van der Waals surface area contributed by atoms with Gasteiger partial charge >= 0.3 is 0 Å². The Hall–Kier alpha value is -0.830. The first-order chi connectivity index (χ1) is 7.15. The zero-order valence-corrected chi connectivity index (χ0v) is 10.3. The van der Waals surface area contributed by atoms with Crippen molar-refractivity contribution < 1.29 is 0 Å². The number of nitrogens with zero attached hydrogens (tertiary/aromatic N) is 1. The fourth-order valence-corrected chi connectivity index (χ4v) is 1.88. The maximum atomic E-state index is 4.25. The number of H-pyrrole nitrogens is 1. The number of aromatic nitrogens is 2. The molecule has 1 rings (SSSR count). The van der Waals surface area contributed by atoms with E-state index < -0.39 is 0 Å². The van der Waals surface area contributed by atoms with Crippen molar-refractivity contribution in [1.82, 2.24) is 15.5 Å². The van der Waals surface area contributed by atoms with Crippen molar-refractivity contribution in [2.75, 3.05) is 0 Å². The second-order valence-electron chi connectivity index (χ2n) is 4.33. The van der Waals surface area contributed by atoms with E-state index in [1.54, 1.807) is 0 Å². The van der Waals surface area contributed by atoms with Crippen molar-refractivity contribution >= 4 is 0 Å². The molecule has 0 fully saturated rings. The van der Waals surface area contributed by atoms with Gasteiger partial charge in [0.15, 0.2) is 0 Å². The summed E-state index contributed by atoms with van der Waals surface area (Å²) in [6.45, 7) is 8.72. The summed E-state index contributed by atoms with van der Waals surface area (Å²) in [6.07, 6.45) is 3.39. The van der Waals surface area contributed by atoms with Crippen LogP contribution in [0.3, 0.4) is 0 Å². The summed E-state index contributed by atoms with van der Waals surface area (Å²) >= 11 is 0. The maximum absolute atomic E-state index is 4.25.